The topological polar surface area (TPSA) is 133 Å². The van der Waals surface area contributed by atoms with Gasteiger partial charge in [0.25, 0.3) is 0 Å². The van der Waals surface area contributed by atoms with Gasteiger partial charge in [0.15, 0.2) is 0 Å². The molecule has 0 aliphatic heterocycles. The minimum Gasteiger partial charge on any atom is -0.398 e. The summed E-state index contributed by atoms with van der Waals surface area (Å²) in [7, 11) is 0. The first kappa shape index (κ1) is 14.3. The van der Waals surface area contributed by atoms with E-state index in [0.29, 0.717) is 4.90 Å². The molecule has 6 N–H and O–H groups in total. The van der Waals surface area contributed by atoms with Crippen LogP contribution in [0.5, 0.6) is 0 Å². The molecule has 2 unspecified atom stereocenters. The Morgan fingerprint density at radius 3 is 2.72 bits per heavy atom. The van der Waals surface area contributed by atoms with Gasteiger partial charge in [0.05, 0.1) is 12.5 Å². The van der Waals surface area contributed by atoms with Gasteiger partial charge in [-0.05, 0) is 30.0 Å². The van der Waals surface area contributed by atoms with Crippen LogP contribution in [-0.4, -0.2) is 22.2 Å². The SMILES string of the molecule is N#CSc1ccc(N)c(C(O)C(O)CC(N)=O)c1. The predicted octanol–water partition coefficient (Wildman–Crippen LogP) is 0.112. The summed E-state index contributed by atoms with van der Waals surface area (Å²) in [5.74, 6) is -0.720. The van der Waals surface area contributed by atoms with Gasteiger partial charge in [-0.3, -0.25) is 4.79 Å². The third-order valence-electron chi connectivity index (χ3n) is 2.32. The molecule has 0 spiro atoms. The Kier molecular flexibility index (Phi) is 4.97. The van der Waals surface area contributed by atoms with Crippen molar-refractivity contribution >= 4 is 23.4 Å². The van der Waals surface area contributed by atoms with Crippen molar-refractivity contribution in [2.75, 3.05) is 5.73 Å². The van der Waals surface area contributed by atoms with Gasteiger partial charge in [0.2, 0.25) is 5.91 Å². The van der Waals surface area contributed by atoms with Gasteiger partial charge < -0.3 is 21.7 Å². The number of benzene rings is 1. The highest BCUT2D eigenvalue weighted by Crippen LogP contribution is 2.29. The molecule has 1 rings (SSSR count). The average Bonchev–Trinajstić information content (AvgIpc) is 2.30. The summed E-state index contributed by atoms with van der Waals surface area (Å²) in [6, 6.07) is 4.65. The molecule has 2 atom stereocenters. The number of aliphatic hydroxyl groups is 2. The lowest BCUT2D eigenvalue weighted by Crippen LogP contribution is -2.26. The Labute approximate surface area is 108 Å². The van der Waals surface area contributed by atoms with Crippen molar-refractivity contribution in [2.45, 2.75) is 23.5 Å². The summed E-state index contributed by atoms with van der Waals surface area (Å²) in [6.45, 7) is 0. The van der Waals surface area contributed by atoms with Gasteiger partial charge in [-0.15, -0.1) is 0 Å². The van der Waals surface area contributed by atoms with E-state index in [1.807, 2.05) is 5.40 Å². The molecular formula is C11H13N3O3S. The first-order valence-corrected chi connectivity index (χ1v) is 5.87. The summed E-state index contributed by atoms with van der Waals surface area (Å²) in [5.41, 5.74) is 11.2. The van der Waals surface area contributed by atoms with Crippen LogP contribution in [0.25, 0.3) is 0 Å². The molecule has 0 fully saturated rings. The minimum atomic E-state index is -1.33. The number of primary amides is 1. The number of nitrogens with two attached hydrogens (primary N) is 2. The zero-order valence-electron chi connectivity index (χ0n) is 9.41. The lowest BCUT2D eigenvalue weighted by molar-refractivity contribution is -0.121. The second-order valence-electron chi connectivity index (χ2n) is 3.67. The molecule has 7 heteroatoms. The predicted molar refractivity (Wildman–Crippen MR) is 67.1 cm³/mol. The number of rotatable bonds is 5. The Hall–Kier alpha value is -1.75. The summed E-state index contributed by atoms with van der Waals surface area (Å²) in [6.07, 6.45) is -3.01. The van der Waals surface area contributed by atoms with Crippen molar-refractivity contribution in [2.24, 2.45) is 5.73 Å². The lowest BCUT2D eigenvalue weighted by Gasteiger charge is -2.19. The number of nitrogen functional groups attached to an aromatic ring is 1. The highest BCUT2D eigenvalue weighted by molar-refractivity contribution is 8.03. The summed E-state index contributed by atoms with van der Waals surface area (Å²) in [5, 5.41) is 29.9. The van der Waals surface area contributed by atoms with Gasteiger partial charge >= 0.3 is 0 Å². The number of carbonyl (C=O) groups excluding carboxylic acids is 1. The molecule has 0 bridgehead atoms. The van der Waals surface area contributed by atoms with E-state index in [1.165, 1.54) is 12.1 Å². The van der Waals surface area contributed by atoms with Crippen molar-refractivity contribution in [3.8, 4) is 5.40 Å². The minimum absolute atomic E-state index is 0.268. The number of aliphatic hydroxyl groups excluding tert-OH is 2. The second-order valence-corrected chi connectivity index (χ2v) is 4.52. The number of anilines is 1. The van der Waals surface area contributed by atoms with Crippen molar-refractivity contribution in [1.29, 1.82) is 5.26 Å². The van der Waals surface area contributed by atoms with Crippen molar-refractivity contribution < 1.29 is 15.0 Å². The average molecular weight is 267 g/mol. The summed E-state index contributed by atoms with van der Waals surface area (Å²) in [4.78, 5) is 11.3. The van der Waals surface area contributed by atoms with E-state index in [-0.39, 0.29) is 17.7 Å². The zero-order chi connectivity index (χ0) is 13.7. The van der Waals surface area contributed by atoms with Crippen LogP contribution in [0, 0.1) is 10.7 Å². The Morgan fingerprint density at radius 1 is 1.50 bits per heavy atom. The first-order valence-electron chi connectivity index (χ1n) is 5.05. The Bertz CT molecular complexity index is 487. The summed E-state index contributed by atoms with van der Waals surface area (Å²) >= 11 is 0.907. The third-order valence-corrected chi connectivity index (χ3v) is 2.90. The maximum absolute atomic E-state index is 10.7. The molecule has 0 radical (unpaired) electrons. The van der Waals surface area contributed by atoms with E-state index in [4.69, 9.17) is 16.7 Å². The fraction of sp³-hybridized carbons (Fsp3) is 0.273. The monoisotopic (exact) mass is 267 g/mol. The van der Waals surface area contributed by atoms with Crippen molar-refractivity contribution in [1.82, 2.24) is 0 Å². The van der Waals surface area contributed by atoms with E-state index in [0.717, 1.165) is 11.8 Å². The maximum atomic E-state index is 10.7. The van der Waals surface area contributed by atoms with Crippen molar-refractivity contribution in [3.63, 3.8) is 0 Å². The van der Waals surface area contributed by atoms with Gasteiger partial charge in [0.1, 0.15) is 11.5 Å². The summed E-state index contributed by atoms with van der Waals surface area (Å²) < 4.78 is 0. The van der Waals surface area contributed by atoms with E-state index in [9.17, 15) is 15.0 Å². The fourth-order valence-electron chi connectivity index (χ4n) is 1.45. The van der Waals surface area contributed by atoms with Gasteiger partial charge in [-0.1, -0.05) is 0 Å². The third kappa shape index (κ3) is 3.63. The Morgan fingerprint density at radius 2 is 2.17 bits per heavy atom. The largest absolute Gasteiger partial charge is 0.398 e. The van der Waals surface area contributed by atoms with Crippen LogP contribution in [0.3, 0.4) is 0 Å². The van der Waals surface area contributed by atoms with Gasteiger partial charge in [0, 0.05) is 16.1 Å². The number of amides is 1. The van der Waals surface area contributed by atoms with Crippen LogP contribution in [0.2, 0.25) is 0 Å². The van der Waals surface area contributed by atoms with Crippen LogP contribution in [0.1, 0.15) is 18.1 Å². The molecule has 1 amide bonds. The van der Waals surface area contributed by atoms with E-state index in [2.05, 4.69) is 0 Å². The van der Waals surface area contributed by atoms with E-state index < -0.39 is 18.1 Å². The molecule has 0 aliphatic carbocycles. The second kappa shape index (κ2) is 6.26. The fourth-order valence-corrected chi connectivity index (χ4v) is 1.88. The molecule has 0 aromatic heterocycles. The first-order chi connectivity index (χ1) is 8.45. The molecular weight excluding hydrogens is 254 g/mol. The Balaban J connectivity index is 2.96. The number of nitrogens with zero attached hydrogens (tertiary/aromatic N) is 1. The molecule has 0 aliphatic rings. The molecule has 18 heavy (non-hydrogen) atoms. The molecule has 0 heterocycles. The van der Waals surface area contributed by atoms with Gasteiger partial charge in [-0.2, -0.15) is 5.26 Å². The van der Waals surface area contributed by atoms with E-state index in [1.54, 1.807) is 6.07 Å². The van der Waals surface area contributed by atoms with Crippen molar-refractivity contribution in [3.05, 3.63) is 23.8 Å². The standard InChI is InChI=1S/C11H13N3O3S/c12-5-18-6-1-2-8(13)7(3-6)11(17)9(15)4-10(14)16/h1-3,9,11,15,17H,4,13H2,(H2,14,16). The molecule has 6 nitrogen and oxygen atoms in total. The van der Waals surface area contributed by atoms with Crippen LogP contribution in [0.15, 0.2) is 23.1 Å². The number of hydrogen-bond acceptors (Lipinski definition) is 6. The highest BCUT2D eigenvalue weighted by Gasteiger charge is 2.22. The van der Waals surface area contributed by atoms with Crippen LogP contribution in [-0.2, 0) is 4.79 Å². The molecule has 0 saturated heterocycles. The van der Waals surface area contributed by atoms with Crippen LogP contribution in [0.4, 0.5) is 5.69 Å². The maximum Gasteiger partial charge on any atom is 0.220 e. The number of nitriles is 1. The molecule has 1 aromatic carbocycles. The zero-order valence-corrected chi connectivity index (χ0v) is 10.2. The quantitative estimate of drug-likeness (QED) is 0.340. The normalized spacial score (nSPS) is 13.6. The molecule has 0 saturated carbocycles. The van der Waals surface area contributed by atoms with E-state index >= 15 is 0 Å². The smallest absolute Gasteiger partial charge is 0.220 e. The molecule has 1 aromatic rings. The number of thiocyanates is 1. The number of hydrogen-bond donors (Lipinski definition) is 4. The van der Waals surface area contributed by atoms with Crippen LogP contribution < -0.4 is 11.5 Å². The number of thioether (sulfide) groups is 1. The van der Waals surface area contributed by atoms with Gasteiger partial charge in [-0.25, -0.2) is 0 Å². The number of carbonyl (C=O) groups is 1. The lowest BCUT2D eigenvalue weighted by atomic mass is 10.0. The highest BCUT2D eigenvalue weighted by atomic mass is 32.2. The van der Waals surface area contributed by atoms with Crippen LogP contribution >= 0.6 is 11.8 Å². The molecule has 96 valence electrons.